The summed E-state index contributed by atoms with van der Waals surface area (Å²) in [7, 11) is 0. The fourth-order valence-corrected chi connectivity index (χ4v) is 2.64. The fourth-order valence-electron chi connectivity index (χ4n) is 2.64. The predicted octanol–water partition coefficient (Wildman–Crippen LogP) is 2.62. The van der Waals surface area contributed by atoms with Gasteiger partial charge in [-0.25, -0.2) is 0 Å². The highest BCUT2D eigenvalue weighted by Gasteiger charge is 2.29. The van der Waals surface area contributed by atoms with Crippen LogP contribution in [0.3, 0.4) is 0 Å². The highest BCUT2D eigenvalue weighted by atomic mass is 16.5. The van der Waals surface area contributed by atoms with Crippen LogP contribution in [0.2, 0.25) is 0 Å². The van der Waals surface area contributed by atoms with Crippen LogP contribution in [0.4, 0.5) is 5.69 Å². The number of nitrogens with one attached hydrogen (secondary N) is 1. The molecule has 6 nitrogen and oxygen atoms in total. The minimum atomic E-state index is -0.251. The number of carbonyl (C=O) groups is 2. The molecule has 1 aromatic carbocycles. The van der Waals surface area contributed by atoms with Crippen LogP contribution in [0, 0.1) is 0 Å². The van der Waals surface area contributed by atoms with Crippen LogP contribution in [0.25, 0.3) is 0 Å². The standard InChI is InChI=1S/C19H22N2O4/c1-19(2,3)13-6-7-16-15(9-13)21(18(23)12-25-16)11-17(22)20-10-14-5-4-8-24-14/h4-9H,10-12H2,1-3H3,(H,20,22). The molecular formula is C19H22N2O4. The molecule has 0 spiro atoms. The number of anilines is 1. The van der Waals surface area contributed by atoms with Crippen molar-refractivity contribution in [3.05, 3.63) is 47.9 Å². The van der Waals surface area contributed by atoms with Crippen molar-refractivity contribution >= 4 is 17.5 Å². The lowest BCUT2D eigenvalue weighted by molar-refractivity contribution is -0.125. The van der Waals surface area contributed by atoms with Crippen LogP contribution in [0.1, 0.15) is 32.1 Å². The van der Waals surface area contributed by atoms with Crippen LogP contribution in [0.15, 0.2) is 41.0 Å². The molecule has 0 atom stereocenters. The maximum atomic E-state index is 12.3. The average Bonchev–Trinajstić information content (AvgIpc) is 3.08. The molecule has 25 heavy (non-hydrogen) atoms. The number of rotatable bonds is 4. The first-order valence-corrected chi connectivity index (χ1v) is 8.21. The molecule has 2 aromatic rings. The van der Waals surface area contributed by atoms with Gasteiger partial charge < -0.3 is 14.5 Å². The number of benzene rings is 1. The van der Waals surface area contributed by atoms with Gasteiger partial charge in [-0.1, -0.05) is 26.8 Å². The van der Waals surface area contributed by atoms with Gasteiger partial charge in [-0.2, -0.15) is 0 Å². The molecule has 2 amide bonds. The van der Waals surface area contributed by atoms with Crippen molar-refractivity contribution in [3.8, 4) is 5.75 Å². The average molecular weight is 342 g/mol. The zero-order chi connectivity index (χ0) is 18.0. The third-order valence-corrected chi connectivity index (χ3v) is 4.11. The summed E-state index contributed by atoms with van der Waals surface area (Å²) in [4.78, 5) is 26.0. The number of carbonyl (C=O) groups excluding carboxylic acids is 2. The Morgan fingerprint density at radius 1 is 1.28 bits per heavy atom. The number of fused-ring (bicyclic) bond motifs is 1. The van der Waals surface area contributed by atoms with E-state index in [2.05, 4.69) is 26.1 Å². The van der Waals surface area contributed by atoms with Gasteiger partial charge in [-0.3, -0.25) is 14.5 Å². The number of nitrogens with zero attached hydrogens (tertiary/aromatic N) is 1. The molecule has 0 radical (unpaired) electrons. The van der Waals surface area contributed by atoms with Crippen LogP contribution in [0.5, 0.6) is 5.75 Å². The Labute approximate surface area is 146 Å². The van der Waals surface area contributed by atoms with Crippen molar-refractivity contribution in [1.82, 2.24) is 5.32 Å². The lowest BCUT2D eigenvalue weighted by Gasteiger charge is -2.31. The highest BCUT2D eigenvalue weighted by molar-refractivity contribution is 6.02. The summed E-state index contributed by atoms with van der Waals surface area (Å²) in [5.41, 5.74) is 1.64. The van der Waals surface area contributed by atoms with Gasteiger partial charge in [-0.05, 0) is 35.2 Å². The van der Waals surface area contributed by atoms with Crippen LogP contribution in [-0.4, -0.2) is 25.0 Å². The van der Waals surface area contributed by atoms with Gasteiger partial charge in [0.1, 0.15) is 18.1 Å². The molecule has 0 bridgehead atoms. The third kappa shape index (κ3) is 3.84. The monoisotopic (exact) mass is 342 g/mol. The first-order chi connectivity index (χ1) is 11.8. The molecule has 132 valence electrons. The molecule has 0 aliphatic carbocycles. The minimum absolute atomic E-state index is 0.0521. The SMILES string of the molecule is CC(C)(C)c1ccc2c(c1)N(CC(=O)NCc1ccco1)C(=O)CO2. The second-order valence-electron chi connectivity index (χ2n) is 7.06. The number of ether oxygens (including phenoxy) is 1. The minimum Gasteiger partial charge on any atom is -0.482 e. The Kier molecular flexibility index (Phi) is 4.53. The van der Waals surface area contributed by atoms with Crippen LogP contribution >= 0.6 is 0 Å². The van der Waals surface area contributed by atoms with E-state index in [1.165, 1.54) is 4.90 Å². The van der Waals surface area contributed by atoms with Gasteiger partial charge in [0.2, 0.25) is 5.91 Å². The Hall–Kier alpha value is -2.76. The Morgan fingerprint density at radius 2 is 2.08 bits per heavy atom. The summed E-state index contributed by atoms with van der Waals surface area (Å²) in [5, 5.41) is 2.76. The molecule has 1 aromatic heterocycles. The van der Waals surface area contributed by atoms with Crippen molar-refractivity contribution in [2.75, 3.05) is 18.1 Å². The molecule has 6 heteroatoms. The molecule has 2 heterocycles. The zero-order valence-electron chi connectivity index (χ0n) is 14.7. The number of hydrogen-bond acceptors (Lipinski definition) is 4. The summed E-state index contributed by atoms with van der Waals surface area (Å²) in [5.74, 6) is 0.800. The van der Waals surface area contributed by atoms with E-state index in [9.17, 15) is 9.59 Å². The van der Waals surface area contributed by atoms with Gasteiger partial charge in [0.25, 0.3) is 5.91 Å². The summed E-state index contributed by atoms with van der Waals surface area (Å²) >= 11 is 0. The van der Waals surface area contributed by atoms with E-state index in [1.807, 2.05) is 18.2 Å². The van der Waals surface area contributed by atoms with Crippen LogP contribution in [-0.2, 0) is 21.5 Å². The van der Waals surface area contributed by atoms with Gasteiger partial charge in [0, 0.05) is 0 Å². The van der Waals surface area contributed by atoms with E-state index in [1.54, 1.807) is 18.4 Å². The highest BCUT2D eigenvalue weighted by Crippen LogP contribution is 2.36. The van der Waals surface area contributed by atoms with E-state index in [4.69, 9.17) is 9.15 Å². The van der Waals surface area contributed by atoms with Crippen molar-refractivity contribution in [1.29, 1.82) is 0 Å². The van der Waals surface area contributed by atoms with Crippen molar-refractivity contribution in [3.63, 3.8) is 0 Å². The quantitative estimate of drug-likeness (QED) is 0.927. The van der Waals surface area contributed by atoms with Gasteiger partial charge >= 0.3 is 0 Å². The van der Waals surface area contributed by atoms with Crippen molar-refractivity contribution < 1.29 is 18.7 Å². The Bertz CT molecular complexity index is 775. The molecule has 1 aliphatic rings. The second-order valence-corrected chi connectivity index (χ2v) is 7.06. The molecule has 0 fully saturated rings. The molecule has 1 N–H and O–H groups in total. The maximum absolute atomic E-state index is 12.3. The summed E-state index contributed by atoms with van der Waals surface area (Å²) in [6, 6.07) is 9.31. The van der Waals surface area contributed by atoms with Crippen molar-refractivity contribution in [2.45, 2.75) is 32.7 Å². The van der Waals surface area contributed by atoms with Gasteiger partial charge in [-0.15, -0.1) is 0 Å². The molecule has 3 rings (SSSR count). The molecular weight excluding hydrogens is 320 g/mol. The van der Waals surface area contributed by atoms with Crippen LogP contribution < -0.4 is 15.0 Å². The second kappa shape index (κ2) is 6.63. The van der Waals surface area contributed by atoms with E-state index in [0.717, 1.165) is 5.56 Å². The lowest BCUT2D eigenvalue weighted by Crippen LogP contribution is -2.45. The van der Waals surface area contributed by atoms with Crippen molar-refractivity contribution in [2.24, 2.45) is 0 Å². The smallest absolute Gasteiger partial charge is 0.265 e. The number of furan rings is 1. The largest absolute Gasteiger partial charge is 0.482 e. The van der Waals surface area contributed by atoms with Gasteiger partial charge in [0.15, 0.2) is 6.61 Å². The van der Waals surface area contributed by atoms with E-state index < -0.39 is 0 Å². The number of amides is 2. The zero-order valence-corrected chi connectivity index (χ0v) is 14.7. The number of hydrogen-bond donors (Lipinski definition) is 1. The molecule has 0 saturated heterocycles. The fraction of sp³-hybridized carbons (Fsp3) is 0.368. The predicted molar refractivity (Wildman–Crippen MR) is 93.5 cm³/mol. The Morgan fingerprint density at radius 3 is 2.76 bits per heavy atom. The normalized spacial score (nSPS) is 14.0. The van der Waals surface area contributed by atoms with E-state index >= 15 is 0 Å². The molecule has 0 unspecified atom stereocenters. The lowest BCUT2D eigenvalue weighted by atomic mass is 9.86. The molecule has 0 saturated carbocycles. The summed E-state index contributed by atoms with van der Waals surface area (Å²) in [6.45, 7) is 6.47. The first kappa shape index (κ1) is 17.1. The van der Waals surface area contributed by atoms with E-state index in [-0.39, 0.29) is 30.4 Å². The summed E-state index contributed by atoms with van der Waals surface area (Å²) < 4.78 is 10.7. The van der Waals surface area contributed by atoms with E-state index in [0.29, 0.717) is 23.7 Å². The van der Waals surface area contributed by atoms with Gasteiger partial charge in [0.05, 0.1) is 18.5 Å². The summed E-state index contributed by atoms with van der Waals surface area (Å²) in [6.07, 6.45) is 1.55. The third-order valence-electron chi connectivity index (χ3n) is 4.11. The molecule has 1 aliphatic heterocycles. The first-order valence-electron chi connectivity index (χ1n) is 8.21. The topological polar surface area (TPSA) is 71.8 Å². The Balaban J connectivity index is 1.77. The maximum Gasteiger partial charge on any atom is 0.265 e.